The lowest BCUT2D eigenvalue weighted by atomic mass is 10.3. The van der Waals surface area contributed by atoms with E-state index in [1.165, 1.54) is 0 Å². The molecule has 0 bridgehead atoms. The molecule has 1 fully saturated rings. The van der Waals surface area contributed by atoms with E-state index in [2.05, 4.69) is 10.3 Å². The Balaban J connectivity index is 1.80. The average molecular weight is 298 g/mol. The smallest absolute Gasteiger partial charge is 0.317 e. The molecule has 1 heterocycles. The lowest BCUT2D eigenvalue weighted by molar-refractivity contribution is 0.190. The fourth-order valence-corrected chi connectivity index (χ4v) is 2.12. The Kier molecular flexibility index (Phi) is 5.61. The number of carbonyl (C=O) groups is 1. The molecule has 2 N–H and O–H groups in total. The topological polar surface area (TPSA) is 65.5 Å². The average Bonchev–Trinajstić information content (AvgIpc) is 3.27. The van der Waals surface area contributed by atoms with Crippen molar-refractivity contribution in [1.29, 1.82) is 0 Å². The van der Waals surface area contributed by atoms with E-state index in [-0.39, 0.29) is 12.6 Å². The maximum atomic E-state index is 12.2. The van der Waals surface area contributed by atoms with Crippen molar-refractivity contribution >= 4 is 17.6 Å². The third-order valence-corrected chi connectivity index (χ3v) is 3.49. The van der Waals surface area contributed by atoms with Gasteiger partial charge in [-0.15, -0.1) is 0 Å². The van der Waals surface area contributed by atoms with Gasteiger partial charge in [0, 0.05) is 25.4 Å². The molecule has 20 heavy (non-hydrogen) atoms. The number of aliphatic hydroxyl groups excluding tert-OH is 1. The van der Waals surface area contributed by atoms with Gasteiger partial charge in [0.05, 0.1) is 17.3 Å². The Labute approximate surface area is 123 Å². The molecule has 1 aliphatic carbocycles. The summed E-state index contributed by atoms with van der Waals surface area (Å²) in [6.45, 7) is 1.28. The predicted molar refractivity (Wildman–Crippen MR) is 77.5 cm³/mol. The van der Waals surface area contributed by atoms with E-state index in [1.54, 1.807) is 18.3 Å². The number of halogens is 1. The highest BCUT2D eigenvalue weighted by molar-refractivity contribution is 6.30. The molecule has 0 unspecified atom stereocenters. The first-order valence-electron chi connectivity index (χ1n) is 6.96. The standard InChI is InChI=1S/C14H20ClN3O2/c15-11-3-4-12(16-9-11)10-17-14(20)18(13-5-6-13)7-1-2-8-19/h3-4,9,13,19H,1-2,5-8,10H2,(H,17,20). The molecule has 2 amide bonds. The van der Waals surface area contributed by atoms with Crippen molar-refractivity contribution in [2.45, 2.75) is 38.3 Å². The first kappa shape index (κ1) is 15.1. The zero-order valence-electron chi connectivity index (χ0n) is 11.4. The van der Waals surface area contributed by atoms with Crippen molar-refractivity contribution in [3.8, 4) is 0 Å². The Hall–Kier alpha value is -1.33. The number of urea groups is 1. The molecule has 0 atom stereocenters. The van der Waals surface area contributed by atoms with Gasteiger partial charge in [-0.1, -0.05) is 11.6 Å². The molecule has 0 aromatic carbocycles. The lowest BCUT2D eigenvalue weighted by Gasteiger charge is -2.22. The van der Waals surface area contributed by atoms with Crippen molar-refractivity contribution in [1.82, 2.24) is 15.2 Å². The summed E-state index contributed by atoms with van der Waals surface area (Å²) in [5.41, 5.74) is 0.786. The summed E-state index contributed by atoms with van der Waals surface area (Å²) in [6, 6.07) is 3.88. The number of aliphatic hydroxyl groups is 1. The van der Waals surface area contributed by atoms with E-state index in [0.29, 0.717) is 24.2 Å². The van der Waals surface area contributed by atoms with Crippen molar-refractivity contribution in [2.24, 2.45) is 0 Å². The molecular weight excluding hydrogens is 278 g/mol. The van der Waals surface area contributed by atoms with Gasteiger partial charge in [-0.3, -0.25) is 4.98 Å². The second-order valence-electron chi connectivity index (χ2n) is 4.98. The van der Waals surface area contributed by atoms with Crippen LogP contribution >= 0.6 is 11.6 Å². The van der Waals surface area contributed by atoms with Gasteiger partial charge in [0.1, 0.15) is 0 Å². The first-order valence-corrected chi connectivity index (χ1v) is 7.34. The Morgan fingerprint density at radius 2 is 2.25 bits per heavy atom. The summed E-state index contributed by atoms with van der Waals surface area (Å²) in [6.07, 6.45) is 5.29. The first-order chi connectivity index (χ1) is 9.70. The highest BCUT2D eigenvalue weighted by atomic mass is 35.5. The van der Waals surface area contributed by atoms with Crippen LogP contribution < -0.4 is 5.32 Å². The monoisotopic (exact) mass is 297 g/mol. The largest absolute Gasteiger partial charge is 0.396 e. The molecule has 2 rings (SSSR count). The molecule has 0 radical (unpaired) electrons. The number of nitrogens with zero attached hydrogens (tertiary/aromatic N) is 2. The summed E-state index contributed by atoms with van der Waals surface area (Å²) >= 11 is 5.77. The van der Waals surface area contributed by atoms with Gasteiger partial charge in [0.2, 0.25) is 0 Å². The number of rotatable bonds is 7. The van der Waals surface area contributed by atoms with Crippen LogP contribution in [0.1, 0.15) is 31.4 Å². The third kappa shape index (κ3) is 4.65. The lowest BCUT2D eigenvalue weighted by Crippen LogP contribution is -2.41. The van der Waals surface area contributed by atoms with Gasteiger partial charge in [-0.2, -0.15) is 0 Å². The summed E-state index contributed by atoms with van der Waals surface area (Å²) in [5, 5.41) is 12.3. The SMILES string of the molecule is O=C(NCc1ccc(Cl)cn1)N(CCCCO)C1CC1. The van der Waals surface area contributed by atoms with Crippen LogP contribution in [0.4, 0.5) is 4.79 Å². The highest BCUT2D eigenvalue weighted by Gasteiger charge is 2.31. The zero-order chi connectivity index (χ0) is 14.4. The summed E-state index contributed by atoms with van der Waals surface area (Å²) in [5.74, 6) is 0. The zero-order valence-corrected chi connectivity index (χ0v) is 12.1. The minimum absolute atomic E-state index is 0.0535. The van der Waals surface area contributed by atoms with Gasteiger partial charge < -0.3 is 15.3 Å². The Morgan fingerprint density at radius 3 is 2.85 bits per heavy atom. The fraction of sp³-hybridized carbons (Fsp3) is 0.571. The van der Waals surface area contributed by atoms with Crippen LogP contribution in [0.3, 0.4) is 0 Å². The van der Waals surface area contributed by atoms with Gasteiger partial charge in [0.15, 0.2) is 0 Å². The van der Waals surface area contributed by atoms with Crippen LogP contribution in [-0.4, -0.2) is 40.2 Å². The maximum absolute atomic E-state index is 12.2. The van der Waals surface area contributed by atoms with Crippen LogP contribution in [0.25, 0.3) is 0 Å². The Bertz CT molecular complexity index is 435. The molecule has 1 aromatic rings. The van der Waals surface area contributed by atoms with Gasteiger partial charge in [-0.05, 0) is 37.8 Å². The minimum Gasteiger partial charge on any atom is -0.396 e. The number of nitrogens with one attached hydrogen (secondary N) is 1. The van der Waals surface area contributed by atoms with E-state index in [4.69, 9.17) is 16.7 Å². The predicted octanol–water partition coefficient (Wildman–Crippen LogP) is 2.18. The molecule has 0 aliphatic heterocycles. The van der Waals surface area contributed by atoms with Crippen LogP contribution in [0.15, 0.2) is 18.3 Å². The molecule has 1 aliphatic rings. The molecule has 5 nitrogen and oxygen atoms in total. The normalized spacial score (nSPS) is 14.1. The summed E-state index contributed by atoms with van der Waals surface area (Å²) in [4.78, 5) is 18.2. The van der Waals surface area contributed by atoms with Crippen molar-refractivity contribution < 1.29 is 9.90 Å². The van der Waals surface area contributed by atoms with Crippen LogP contribution in [0.5, 0.6) is 0 Å². The second kappa shape index (κ2) is 7.45. The van der Waals surface area contributed by atoms with E-state index >= 15 is 0 Å². The molecule has 6 heteroatoms. The molecule has 110 valence electrons. The number of carbonyl (C=O) groups excluding carboxylic acids is 1. The van der Waals surface area contributed by atoms with Crippen molar-refractivity contribution in [2.75, 3.05) is 13.2 Å². The van der Waals surface area contributed by atoms with Crippen LogP contribution in [0, 0.1) is 0 Å². The van der Waals surface area contributed by atoms with Crippen LogP contribution in [0.2, 0.25) is 5.02 Å². The molecule has 1 aromatic heterocycles. The number of hydrogen-bond acceptors (Lipinski definition) is 3. The highest BCUT2D eigenvalue weighted by Crippen LogP contribution is 2.27. The number of amides is 2. The van der Waals surface area contributed by atoms with E-state index in [1.807, 2.05) is 4.90 Å². The molecule has 0 spiro atoms. The maximum Gasteiger partial charge on any atom is 0.317 e. The molecular formula is C14H20ClN3O2. The fourth-order valence-electron chi connectivity index (χ4n) is 2.01. The number of pyridine rings is 1. The second-order valence-corrected chi connectivity index (χ2v) is 5.42. The van der Waals surface area contributed by atoms with Crippen molar-refractivity contribution in [3.63, 3.8) is 0 Å². The van der Waals surface area contributed by atoms with Gasteiger partial charge >= 0.3 is 6.03 Å². The number of unbranched alkanes of at least 4 members (excludes halogenated alkanes) is 1. The van der Waals surface area contributed by atoms with Gasteiger partial charge in [-0.25, -0.2) is 4.79 Å². The van der Waals surface area contributed by atoms with E-state index < -0.39 is 0 Å². The summed E-state index contributed by atoms with van der Waals surface area (Å²) < 4.78 is 0. The number of aromatic nitrogens is 1. The Morgan fingerprint density at radius 1 is 1.45 bits per heavy atom. The molecule has 1 saturated carbocycles. The van der Waals surface area contributed by atoms with Gasteiger partial charge in [0.25, 0.3) is 0 Å². The van der Waals surface area contributed by atoms with Crippen molar-refractivity contribution in [3.05, 3.63) is 29.0 Å². The van der Waals surface area contributed by atoms with E-state index in [9.17, 15) is 4.79 Å². The minimum atomic E-state index is -0.0535. The third-order valence-electron chi connectivity index (χ3n) is 3.27. The summed E-state index contributed by atoms with van der Waals surface area (Å²) in [7, 11) is 0. The van der Waals surface area contributed by atoms with E-state index in [0.717, 1.165) is 31.4 Å². The number of hydrogen-bond donors (Lipinski definition) is 2. The molecule has 0 saturated heterocycles. The quantitative estimate of drug-likeness (QED) is 0.758. The van der Waals surface area contributed by atoms with Crippen LogP contribution in [-0.2, 0) is 6.54 Å².